The molecule has 1 heterocycles. The molecule has 0 aromatic heterocycles. The second kappa shape index (κ2) is 8.29. The van der Waals surface area contributed by atoms with E-state index in [2.05, 4.69) is 0 Å². The van der Waals surface area contributed by atoms with Crippen molar-refractivity contribution in [3.05, 3.63) is 58.1 Å². The Bertz CT molecular complexity index is 1010. The number of benzene rings is 2. The molecule has 2 fully saturated rings. The highest BCUT2D eigenvalue weighted by Crippen LogP contribution is 2.31. The number of rotatable bonds is 4. The van der Waals surface area contributed by atoms with Crippen LogP contribution in [0.25, 0.3) is 11.1 Å². The van der Waals surface area contributed by atoms with Crippen molar-refractivity contribution in [2.24, 2.45) is 0 Å². The van der Waals surface area contributed by atoms with E-state index in [-0.39, 0.29) is 11.2 Å². The van der Waals surface area contributed by atoms with Gasteiger partial charge in [-0.3, -0.25) is 4.79 Å². The third-order valence-corrected chi connectivity index (χ3v) is 9.37. The minimum atomic E-state index is -3.14. The van der Waals surface area contributed by atoms with E-state index in [0.29, 0.717) is 28.7 Å². The Morgan fingerprint density at radius 2 is 1.45 bits per heavy atom. The van der Waals surface area contributed by atoms with Gasteiger partial charge < -0.3 is 4.90 Å². The summed E-state index contributed by atoms with van der Waals surface area (Å²) >= 11 is 12.0. The van der Waals surface area contributed by atoms with Crippen molar-refractivity contribution >= 4 is 38.9 Å². The fraction of sp³-hybridized carbons (Fsp3) is 0.409. The van der Waals surface area contributed by atoms with Crippen LogP contribution in [0.3, 0.4) is 0 Å². The molecule has 1 saturated carbocycles. The van der Waals surface area contributed by atoms with Gasteiger partial charge in [-0.1, -0.05) is 60.7 Å². The Kier molecular flexibility index (Phi) is 5.92. The highest BCUT2D eigenvalue weighted by Gasteiger charge is 2.43. The van der Waals surface area contributed by atoms with E-state index in [1.807, 2.05) is 18.2 Å². The van der Waals surface area contributed by atoms with Gasteiger partial charge in [-0.05, 0) is 48.2 Å². The minimum absolute atomic E-state index is 0.124. The Labute approximate surface area is 181 Å². The van der Waals surface area contributed by atoms with Crippen molar-refractivity contribution in [2.75, 3.05) is 13.1 Å². The van der Waals surface area contributed by atoms with E-state index in [9.17, 15) is 13.2 Å². The molecule has 1 aliphatic heterocycles. The molecule has 1 amide bonds. The maximum absolute atomic E-state index is 12.8. The van der Waals surface area contributed by atoms with Crippen molar-refractivity contribution in [2.45, 2.75) is 42.6 Å². The topological polar surface area (TPSA) is 54.5 Å². The van der Waals surface area contributed by atoms with Gasteiger partial charge in [-0.15, -0.1) is 0 Å². The maximum Gasteiger partial charge on any atom is 0.253 e. The molecule has 1 aliphatic carbocycles. The van der Waals surface area contributed by atoms with Crippen LogP contribution in [0.4, 0.5) is 0 Å². The van der Waals surface area contributed by atoms with Crippen molar-refractivity contribution in [3.63, 3.8) is 0 Å². The number of carbonyl (C=O) groups excluding carboxylic acids is 1. The standard InChI is InChI=1S/C22H23Cl2NO3S/c23-20-11-10-17(12-21(20)24)15-6-8-16(9-7-15)22(26)25-13-19(14-25)29(27,28)18-4-2-1-3-5-18/h6-12,18-19H,1-5,13-14H2. The molecule has 4 nitrogen and oxygen atoms in total. The first-order chi connectivity index (χ1) is 13.9. The lowest BCUT2D eigenvalue weighted by atomic mass is 10.0. The van der Waals surface area contributed by atoms with Crippen LogP contribution in [0.2, 0.25) is 10.0 Å². The average Bonchev–Trinajstić information content (AvgIpc) is 2.69. The smallest absolute Gasteiger partial charge is 0.253 e. The van der Waals surface area contributed by atoms with Crippen LogP contribution in [-0.2, 0) is 9.84 Å². The predicted molar refractivity (Wildman–Crippen MR) is 117 cm³/mol. The van der Waals surface area contributed by atoms with Crippen LogP contribution in [0.15, 0.2) is 42.5 Å². The van der Waals surface area contributed by atoms with Gasteiger partial charge in [0.15, 0.2) is 9.84 Å². The number of halogens is 2. The lowest BCUT2D eigenvalue weighted by molar-refractivity contribution is 0.0658. The summed E-state index contributed by atoms with van der Waals surface area (Å²) in [6, 6.07) is 12.7. The molecule has 0 atom stereocenters. The summed E-state index contributed by atoms with van der Waals surface area (Å²) in [4.78, 5) is 14.3. The Hall–Kier alpha value is -1.56. The molecule has 154 valence electrons. The lowest BCUT2D eigenvalue weighted by Crippen LogP contribution is -2.58. The van der Waals surface area contributed by atoms with Gasteiger partial charge in [0, 0.05) is 18.7 Å². The first-order valence-corrected chi connectivity index (χ1v) is 12.3. The van der Waals surface area contributed by atoms with Crippen LogP contribution in [0.1, 0.15) is 42.5 Å². The molecule has 2 aromatic rings. The third kappa shape index (κ3) is 4.18. The van der Waals surface area contributed by atoms with E-state index in [1.54, 1.807) is 29.2 Å². The zero-order valence-corrected chi connectivity index (χ0v) is 18.3. The van der Waals surface area contributed by atoms with Crippen LogP contribution >= 0.6 is 23.2 Å². The Balaban J connectivity index is 1.40. The fourth-order valence-electron chi connectivity index (χ4n) is 4.14. The predicted octanol–water partition coefficient (Wildman–Crippen LogP) is 5.23. The van der Waals surface area contributed by atoms with Crippen molar-refractivity contribution in [3.8, 4) is 11.1 Å². The highest BCUT2D eigenvalue weighted by atomic mass is 35.5. The molecule has 0 unspecified atom stereocenters. The summed E-state index contributed by atoms with van der Waals surface area (Å²) < 4.78 is 25.5. The molecule has 7 heteroatoms. The van der Waals surface area contributed by atoms with Gasteiger partial charge in [-0.25, -0.2) is 8.42 Å². The van der Waals surface area contributed by atoms with Crippen LogP contribution in [0.5, 0.6) is 0 Å². The molecule has 0 spiro atoms. The number of carbonyl (C=O) groups is 1. The minimum Gasteiger partial charge on any atom is -0.336 e. The average molecular weight is 452 g/mol. The van der Waals surface area contributed by atoms with Gasteiger partial charge in [-0.2, -0.15) is 0 Å². The van der Waals surface area contributed by atoms with Gasteiger partial charge in [0.05, 0.1) is 20.5 Å². The maximum atomic E-state index is 12.8. The number of hydrogen-bond acceptors (Lipinski definition) is 3. The Morgan fingerprint density at radius 3 is 2.07 bits per heavy atom. The van der Waals surface area contributed by atoms with Crippen molar-refractivity contribution in [1.82, 2.24) is 4.90 Å². The first kappa shape index (κ1) is 20.7. The summed E-state index contributed by atoms with van der Waals surface area (Å²) in [7, 11) is -3.14. The van der Waals surface area contributed by atoms with E-state index in [1.165, 1.54) is 0 Å². The van der Waals surface area contributed by atoms with Gasteiger partial charge in [0.25, 0.3) is 5.91 Å². The number of likely N-dealkylation sites (tertiary alicyclic amines) is 1. The van der Waals surface area contributed by atoms with E-state index < -0.39 is 15.1 Å². The summed E-state index contributed by atoms with van der Waals surface area (Å²) in [5.74, 6) is -0.124. The van der Waals surface area contributed by atoms with Gasteiger partial charge >= 0.3 is 0 Å². The van der Waals surface area contributed by atoms with Gasteiger partial charge in [0.1, 0.15) is 0 Å². The molecular weight excluding hydrogens is 429 g/mol. The largest absolute Gasteiger partial charge is 0.336 e. The second-order valence-electron chi connectivity index (χ2n) is 7.89. The number of amides is 1. The lowest BCUT2D eigenvalue weighted by Gasteiger charge is -2.40. The normalized spacial score (nSPS) is 18.5. The zero-order valence-electron chi connectivity index (χ0n) is 16.0. The second-order valence-corrected chi connectivity index (χ2v) is 11.2. The fourth-order valence-corrected chi connectivity index (χ4v) is 6.75. The van der Waals surface area contributed by atoms with Gasteiger partial charge in [0.2, 0.25) is 0 Å². The molecule has 29 heavy (non-hydrogen) atoms. The van der Waals surface area contributed by atoms with Crippen LogP contribution in [-0.4, -0.2) is 42.8 Å². The van der Waals surface area contributed by atoms with Crippen molar-refractivity contribution < 1.29 is 13.2 Å². The molecular formula is C22H23Cl2NO3S. The molecule has 0 radical (unpaired) electrons. The highest BCUT2D eigenvalue weighted by molar-refractivity contribution is 7.92. The Morgan fingerprint density at radius 1 is 0.828 bits per heavy atom. The number of hydrogen-bond donors (Lipinski definition) is 0. The summed E-state index contributed by atoms with van der Waals surface area (Å²) in [5.41, 5.74) is 2.41. The first-order valence-electron chi connectivity index (χ1n) is 9.94. The SMILES string of the molecule is O=C(c1ccc(-c2ccc(Cl)c(Cl)c2)cc1)N1CC(S(=O)(=O)C2CCCCC2)C1. The molecule has 0 N–H and O–H groups in total. The zero-order chi connectivity index (χ0) is 20.6. The molecule has 1 saturated heterocycles. The number of sulfone groups is 1. The molecule has 2 aliphatic rings. The van der Waals surface area contributed by atoms with Crippen molar-refractivity contribution in [1.29, 1.82) is 0 Å². The van der Waals surface area contributed by atoms with Crippen LogP contribution in [0, 0.1) is 0 Å². The van der Waals surface area contributed by atoms with E-state index in [0.717, 1.165) is 43.2 Å². The molecule has 0 bridgehead atoms. The molecule has 2 aromatic carbocycles. The van der Waals surface area contributed by atoms with Crippen LogP contribution < -0.4 is 0 Å². The quantitative estimate of drug-likeness (QED) is 0.638. The summed E-state index contributed by atoms with van der Waals surface area (Å²) in [5, 5.41) is 0.349. The summed E-state index contributed by atoms with van der Waals surface area (Å²) in [6.07, 6.45) is 4.64. The van der Waals surface area contributed by atoms with E-state index >= 15 is 0 Å². The number of nitrogens with zero attached hydrogens (tertiary/aromatic N) is 1. The van der Waals surface area contributed by atoms with E-state index in [4.69, 9.17) is 23.2 Å². The third-order valence-electron chi connectivity index (χ3n) is 6.00. The summed E-state index contributed by atoms with van der Waals surface area (Å²) in [6.45, 7) is 0.596. The monoisotopic (exact) mass is 451 g/mol. The molecule has 4 rings (SSSR count).